The molecule has 0 saturated carbocycles. The summed E-state index contributed by atoms with van der Waals surface area (Å²) < 4.78 is 18.8. The molecule has 1 atom stereocenters. The summed E-state index contributed by atoms with van der Waals surface area (Å²) in [5.74, 6) is 0.271. The van der Waals surface area contributed by atoms with Gasteiger partial charge in [0.1, 0.15) is 11.6 Å². The fourth-order valence-electron chi connectivity index (χ4n) is 1.81. The van der Waals surface area contributed by atoms with Gasteiger partial charge in [0, 0.05) is 11.6 Å². The lowest BCUT2D eigenvalue weighted by molar-refractivity contribution is 0.396. The SMILES string of the molecule is CCCCC[C@@H](N)c1c(F)cccc1OC.Cl. The zero-order valence-corrected chi connectivity index (χ0v) is 11.2. The summed E-state index contributed by atoms with van der Waals surface area (Å²) in [5.41, 5.74) is 6.49. The summed E-state index contributed by atoms with van der Waals surface area (Å²) >= 11 is 0. The van der Waals surface area contributed by atoms with Gasteiger partial charge in [0.05, 0.1) is 7.11 Å². The number of nitrogens with two attached hydrogens (primary N) is 1. The first-order valence-electron chi connectivity index (χ1n) is 5.78. The van der Waals surface area contributed by atoms with Crippen molar-refractivity contribution >= 4 is 12.4 Å². The molecule has 0 fully saturated rings. The monoisotopic (exact) mass is 261 g/mol. The Morgan fingerprint density at radius 2 is 2.06 bits per heavy atom. The van der Waals surface area contributed by atoms with E-state index in [1.165, 1.54) is 13.2 Å². The molecule has 0 aliphatic heterocycles. The molecule has 0 bridgehead atoms. The van der Waals surface area contributed by atoms with Crippen LogP contribution >= 0.6 is 12.4 Å². The molecule has 17 heavy (non-hydrogen) atoms. The van der Waals surface area contributed by atoms with Crippen LogP contribution in [0.2, 0.25) is 0 Å². The summed E-state index contributed by atoms with van der Waals surface area (Å²) in [4.78, 5) is 0. The van der Waals surface area contributed by atoms with Crippen molar-refractivity contribution in [2.45, 2.75) is 38.6 Å². The maximum atomic E-state index is 13.6. The molecule has 0 heterocycles. The standard InChI is InChI=1S/C13H20FNO.ClH/c1-3-4-5-8-11(15)13-10(14)7-6-9-12(13)16-2;/h6-7,9,11H,3-5,8,15H2,1-2H3;1H/t11-;/m1./s1. The fraction of sp³-hybridized carbons (Fsp3) is 0.538. The molecule has 1 aromatic carbocycles. The molecule has 0 aliphatic carbocycles. The first-order valence-corrected chi connectivity index (χ1v) is 5.78. The molecule has 4 heteroatoms. The zero-order chi connectivity index (χ0) is 12.0. The summed E-state index contributed by atoms with van der Waals surface area (Å²) in [7, 11) is 1.54. The molecular weight excluding hydrogens is 241 g/mol. The number of benzene rings is 1. The predicted molar refractivity (Wildman–Crippen MR) is 71.3 cm³/mol. The van der Waals surface area contributed by atoms with E-state index in [-0.39, 0.29) is 24.3 Å². The lowest BCUT2D eigenvalue weighted by atomic mass is 10.00. The molecule has 98 valence electrons. The number of halogens is 2. The lowest BCUT2D eigenvalue weighted by Crippen LogP contribution is -2.13. The highest BCUT2D eigenvalue weighted by atomic mass is 35.5. The van der Waals surface area contributed by atoms with Gasteiger partial charge in [-0.1, -0.05) is 32.3 Å². The molecule has 0 amide bonds. The Kier molecular flexibility index (Phi) is 7.92. The molecule has 1 aromatic rings. The van der Waals surface area contributed by atoms with Crippen molar-refractivity contribution in [1.82, 2.24) is 0 Å². The van der Waals surface area contributed by atoms with Gasteiger partial charge in [0.2, 0.25) is 0 Å². The van der Waals surface area contributed by atoms with Gasteiger partial charge in [-0.15, -0.1) is 12.4 Å². The van der Waals surface area contributed by atoms with Crippen LogP contribution in [0.1, 0.15) is 44.2 Å². The zero-order valence-electron chi connectivity index (χ0n) is 10.4. The minimum atomic E-state index is -0.275. The third kappa shape index (κ3) is 4.52. The molecule has 0 unspecified atom stereocenters. The normalized spacial score (nSPS) is 11.8. The highest BCUT2D eigenvalue weighted by Crippen LogP contribution is 2.29. The van der Waals surface area contributed by atoms with E-state index in [1.54, 1.807) is 12.1 Å². The van der Waals surface area contributed by atoms with Crippen molar-refractivity contribution in [2.75, 3.05) is 7.11 Å². The molecule has 2 nitrogen and oxygen atoms in total. The van der Waals surface area contributed by atoms with Crippen molar-refractivity contribution in [2.24, 2.45) is 5.73 Å². The second kappa shape index (κ2) is 8.31. The van der Waals surface area contributed by atoms with Gasteiger partial charge in [0.25, 0.3) is 0 Å². The number of methoxy groups -OCH3 is 1. The van der Waals surface area contributed by atoms with Crippen LogP contribution < -0.4 is 10.5 Å². The van der Waals surface area contributed by atoms with Gasteiger partial charge in [-0.2, -0.15) is 0 Å². The van der Waals surface area contributed by atoms with Gasteiger partial charge in [-0.05, 0) is 18.6 Å². The Bertz CT molecular complexity index is 333. The Hall–Kier alpha value is -0.800. The van der Waals surface area contributed by atoms with Crippen LogP contribution in [0.5, 0.6) is 5.75 Å². The van der Waals surface area contributed by atoms with Crippen molar-refractivity contribution in [1.29, 1.82) is 0 Å². The fourth-order valence-corrected chi connectivity index (χ4v) is 1.81. The largest absolute Gasteiger partial charge is 0.496 e. The Labute approximate surface area is 109 Å². The highest BCUT2D eigenvalue weighted by Gasteiger charge is 2.16. The number of ether oxygens (including phenoxy) is 1. The van der Waals surface area contributed by atoms with Gasteiger partial charge in [-0.25, -0.2) is 4.39 Å². The molecular formula is C13H21ClFNO. The minimum absolute atomic E-state index is 0. The van der Waals surface area contributed by atoms with Crippen LogP contribution in [-0.4, -0.2) is 7.11 Å². The van der Waals surface area contributed by atoms with E-state index in [0.29, 0.717) is 11.3 Å². The molecule has 0 spiro atoms. The van der Waals surface area contributed by atoms with Crippen molar-refractivity contribution in [3.05, 3.63) is 29.6 Å². The number of hydrogen-bond donors (Lipinski definition) is 1. The van der Waals surface area contributed by atoms with E-state index in [2.05, 4.69) is 6.92 Å². The molecule has 0 radical (unpaired) electrons. The highest BCUT2D eigenvalue weighted by molar-refractivity contribution is 5.85. The molecule has 0 aromatic heterocycles. The molecule has 1 rings (SSSR count). The maximum absolute atomic E-state index is 13.6. The summed E-state index contributed by atoms with van der Waals surface area (Å²) in [6, 6.07) is 4.54. The van der Waals surface area contributed by atoms with E-state index >= 15 is 0 Å². The smallest absolute Gasteiger partial charge is 0.131 e. The number of hydrogen-bond acceptors (Lipinski definition) is 2. The van der Waals surface area contributed by atoms with Crippen LogP contribution in [-0.2, 0) is 0 Å². The quantitative estimate of drug-likeness (QED) is 0.790. The predicted octanol–water partition coefficient (Wildman–Crippen LogP) is 3.84. The van der Waals surface area contributed by atoms with E-state index in [9.17, 15) is 4.39 Å². The lowest BCUT2D eigenvalue weighted by Gasteiger charge is -2.16. The van der Waals surface area contributed by atoms with Crippen LogP contribution in [0.3, 0.4) is 0 Å². The van der Waals surface area contributed by atoms with Crippen molar-refractivity contribution in [3.63, 3.8) is 0 Å². The average molecular weight is 262 g/mol. The number of unbranched alkanes of at least 4 members (excludes halogenated alkanes) is 2. The van der Waals surface area contributed by atoms with E-state index in [4.69, 9.17) is 10.5 Å². The Balaban J connectivity index is 0.00000256. The van der Waals surface area contributed by atoms with Crippen molar-refractivity contribution < 1.29 is 9.13 Å². The van der Waals surface area contributed by atoms with Crippen molar-refractivity contribution in [3.8, 4) is 5.75 Å². The number of rotatable bonds is 6. The maximum Gasteiger partial charge on any atom is 0.131 e. The van der Waals surface area contributed by atoms with E-state index < -0.39 is 0 Å². The first kappa shape index (κ1) is 16.2. The van der Waals surface area contributed by atoms with E-state index in [1.807, 2.05) is 0 Å². The van der Waals surface area contributed by atoms with Gasteiger partial charge < -0.3 is 10.5 Å². The van der Waals surface area contributed by atoms with Crippen LogP contribution in [0.4, 0.5) is 4.39 Å². The topological polar surface area (TPSA) is 35.2 Å². The van der Waals surface area contributed by atoms with Gasteiger partial charge >= 0.3 is 0 Å². The van der Waals surface area contributed by atoms with Crippen LogP contribution in [0, 0.1) is 5.82 Å². The summed E-state index contributed by atoms with van der Waals surface area (Å²) in [5, 5.41) is 0. The summed E-state index contributed by atoms with van der Waals surface area (Å²) in [6.07, 6.45) is 4.09. The second-order valence-corrected chi connectivity index (χ2v) is 3.96. The third-order valence-corrected chi connectivity index (χ3v) is 2.72. The van der Waals surface area contributed by atoms with Crippen LogP contribution in [0.15, 0.2) is 18.2 Å². The minimum Gasteiger partial charge on any atom is -0.496 e. The third-order valence-electron chi connectivity index (χ3n) is 2.72. The molecule has 0 aliphatic rings. The van der Waals surface area contributed by atoms with E-state index in [0.717, 1.165) is 25.7 Å². The van der Waals surface area contributed by atoms with Gasteiger partial charge in [-0.3, -0.25) is 0 Å². The molecule has 2 N–H and O–H groups in total. The summed E-state index contributed by atoms with van der Waals surface area (Å²) in [6.45, 7) is 2.13. The molecule has 0 saturated heterocycles. The second-order valence-electron chi connectivity index (χ2n) is 3.96. The Morgan fingerprint density at radius 1 is 1.35 bits per heavy atom. The van der Waals surface area contributed by atoms with Crippen LogP contribution in [0.25, 0.3) is 0 Å². The average Bonchev–Trinajstić information content (AvgIpc) is 2.28. The van der Waals surface area contributed by atoms with Gasteiger partial charge in [0.15, 0.2) is 0 Å². The first-order chi connectivity index (χ1) is 7.70. The Morgan fingerprint density at radius 3 is 2.65 bits per heavy atom.